The molecule has 0 fully saturated rings. The van der Waals surface area contributed by atoms with E-state index in [4.69, 9.17) is 44.8 Å². The Kier molecular flexibility index (Phi) is 8.52. The molecule has 9 heteroatoms. The van der Waals surface area contributed by atoms with Crippen LogP contribution in [0.5, 0.6) is 0 Å². The fraction of sp³-hybridized carbons (Fsp3) is 0.0909. The summed E-state index contributed by atoms with van der Waals surface area (Å²) in [5.74, 6) is 0. The minimum absolute atomic E-state index is 0.750. The summed E-state index contributed by atoms with van der Waals surface area (Å²) < 4.78 is -0.750. The number of hydrogen-bond donors (Lipinski definition) is 0. The summed E-state index contributed by atoms with van der Waals surface area (Å²) >= 11 is 18.0. The van der Waals surface area contributed by atoms with E-state index >= 15 is 0 Å². The normalized spacial score (nSPS) is 11.2. The van der Waals surface area contributed by atoms with Crippen molar-refractivity contribution in [1.82, 2.24) is 19.9 Å². The van der Waals surface area contributed by atoms with Crippen molar-refractivity contribution in [2.75, 3.05) is 0 Å². The van der Waals surface area contributed by atoms with Gasteiger partial charge in [-0.3, -0.25) is 19.9 Å². The smallest absolute Gasteiger partial charge is 0.180 e. The Morgan fingerprint density at radius 2 is 0.929 bits per heavy atom. The van der Waals surface area contributed by atoms with E-state index in [0.29, 0.717) is 0 Å². The highest BCUT2D eigenvalue weighted by molar-refractivity contribution is 7.19. The first kappa shape index (κ1) is 28.7. The summed E-state index contributed by atoms with van der Waals surface area (Å²) in [5.41, 5.74) is 9.01. The second-order valence-electron chi connectivity index (χ2n) is 9.62. The highest BCUT2D eigenvalue weighted by Crippen LogP contribution is 2.40. The van der Waals surface area contributed by atoms with Crippen LogP contribution in [0.25, 0.3) is 63.6 Å². The topological polar surface area (TPSA) is 51.6 Å². The van der Waals surface area contributed by atoms with Gasteiger partial charge < -0.3 is 0 Å². The lowest BCUT2D eigenvalue weighted by Gasteiger charge is -2.07. The average molecular weight is 646 g/mol. The fourth-order valence-corrected chi connectivity index (χ4v) is 7.21. The van der Waals surface area contributed by atoms with Gasteiger partial charge in [0.05, 0.1) is 11.0 Å². The maximum Gasteiger partial charge on any atom is 0.180 e. The molecule has 0 bridgehead atoms. The zero-order valence-corrected chi connectivity index (χ0v) is 26.5. The van der Waals surface area contributed by atoms with Gasteiger partial charge in [-0.1, -0.05) is 46.9 Å². The van der Waals surface area contributed by atoms with Gasteiger partial charge in [0.15, 0.2) is 4.30 Å². The van der Waals surface area contributed by atoms with Crippen molar-refractivity contribution < 1.29 is 0 Å². The Labute approximate surface area is 266 Å². The second kappa shape index (κ2) is 12.5. The lowest BCUT2D eigenvalue weighted by molar-refractivity contribution is 1.33. The number of thiophene rings is 2. The third-order valence-corrected chi connectivity index (χ3v) is 9.46. The van der Waals surface area contributed by atoms with Crippen molar-refractivity contribution in [3.05, 3.63) is 109 Å². The molecule has 7 aromatic rings. The standard InChI is InChI=1S/C32H22N4S2.CHCl3/c1-19-13-27(21-5-9-33-10-6-21)37-31(19)25-15-23-3-4-24-16-26(18-36-30(24)29(23)35-17-25)32-20(2)14-28(38-32)22-7-11-34-12-8-22;2-1(3)4/h3-18H,1-2H3;1H. The van der Waals surface area contributed by atoms with E-state index in [1.807, 2.05) is 37.2 Å². The number of fused-ring (bicyclic) bond motifs is 3. The van der Waals surface area contributed by atoms with Crippen LogP contribution in [-0.2, 0) is 0 Å². The fourth-order valence-electron chi connectivity index (χ4n) is 4.90. The molecule has 0 aliphatic carbocycles. The van der Waals surface area contributed by atoms with Crippen LogP contribution in [-0.4, -0.2) is 24.2 Å². The number of nitrogens with zero attached hydrogens (tertiary/aromatic N) is 4. The van der Waals surface area contributed by atoms with Crippen molar-refractivity contribution in [2.24, 2.45) is 0 Å². The first-order valence-corrected chi connectivity index (χ1v) is 15.9. The third-order valence-electron chi connectivity index (χ3n) is 6.79. The van der Waals surface area contributed by atoms with Gasteiger partial charge >= 0.3 is 0 Å². The van der Waals surface area contributed by atoms with Gasteiger partial charge in [-0.2, -0.15) is 0 Å². The van der Waals surface area contributed by atoms with E-state index in [9.17, 15) is 0 Å². The molecule has 0 saturated heterocycles. The minimum Gasteiger partial charge on any atom is -0.265 e. The van der Waals surface area contributed by atoms with Crippen LogP contribution in [0.4, 0.5) is 0 Å². The quantitative estimate of drug-likeness (QED) is 0.141. The van der Waals surface area contributed by atoms with Crippen molar-refractivity contribution >= 4 is 79.3 Å². The largest absolute Gasteiger partial charge is 0.265 e. The molecule has 1 aromatic carbocycles. The molecule has 208 valence electrons. The van der Waals surface area contributed by atoms with Crippen molar-refractivity contribution in [2.45, 2.75) is 18.1 Å². The first-order chi connectivity index (χ1) is 20.4. The average Bonchev–Trinajstić information content (AvgIpc) is 3.59. The molecule has 6 aromatic heterocycles. The number of pyridine rings is 4. The number of rotatable bonds is 4. The Hall–Kier alpha value is -3.39. The maximum atomic E-state index is 4.90. The molecule has 0 aliphatic heterocycles. The number of alkyl halides is 3. The minimum atomic E-state index is -0.750. The molecule has 6 heterocycles. The predicted octanol–water partition coefficient (Wildman–Crippen LogP) is 11.0. The summed E-state index contributed by atoms with van der Waals surface area (Å²) in [4.78, 5) is 23.1. The summed E-state index contributed by atoms with van der Waals surface area (Å²) in [6.07, 6.45) is 11.3. The predicted molar refractivity (Wildman–Crippen MR) is 181 cm³/mol. The number of hydrogen-bond acceptors (Lipinski definition) is 6. The van der Waals surface area contributed by atoms with Gasteiger partial charge in [-0.05, 0) is 84.6 Å². The van der Waals surface area contributed by atoms with Crippen LogP contribution in [0, 0.1) is 13.8 Å². The molecule has 0 unspecified atom stereocenters. The highest BCUT2D eigenvalue weighted by atomic mass is 35.6. The van der Waals surface area contributed by atoms with E-state index in [1.165, 1.54) is 41.8 Å². The van der Waals surface area contributed by atoms with Gasteiger partial charge in [0, 0.05) is 78.6 Å². The molecule has 0 aliphatic rings. The maximum absolute atomic E-state index is 4.90. The molecule has 42 heavy (non-hydrogen) atoms. The van der Waals surface area contributed by atoms with E-state index in [-0.39, 0.29) is 0 Å². The molecule has 0 atom stereocenters. The van der Waals surface area contributed by atoms with E-state index in [1.54, 1.807) is 22.7 Å². The van der Waals surface area contributed by atoms with Crippen LogP contribution in [0.1, 0.15) is 11.1 Å². The van der Waals surface area contributed by atoms with Crippen LogP contribution >= 0.6 is 57.5 Å². The molecular formula is C33H23Cl3N4S2. The Morgan fingerprint density at radius 1 is 0.548 bits per heavy atom. The second-order valence-corrected chi connectivity index (χ2v) is 13.7. The Bertz CT molecular complexity index is 1860. The highest BCUT2D eigenvalue weighted by Gasteiger charge is 2.14. The number of halogens is 3. The van der Waals surface area contributed by atoms with Gasteiger partial charge in [0.2, 0.25) is 0 Å². The summed E-state index contributed by atoms with van der Waals surface area (Å²) in [7, 11) is 0. The van der Waals surface area contributed by atoms with Crippen molar-refractivity contribution in [3.8, 4) is 41.8 Å². The molecule has 0 amide bonds. The summed E-state index contributed by atoms with van der Waals surface area (Å²) in [5, 5.41) is 2.20. The number of aromatic nitrogens is 4. The van der Waals surface area contributed by atoms with Crippen LogP contribution in [0.2, 0.25) is 0 Å². The van der Waals surface area contributed by atoms with Gasteiger partial charge in [0.25, 0.3) is 0 Å². The third kappa shape index (κ3) is 6.05. The number of benzene rings is 1. The van der Waals surface area contributed by atoms with Crippen LogP contribution < -0.4 is 0 Å². The monoisotopic (exact) mass is 644 g/mol. The number of aryl methyl sites for hydroxylation is 2. The lowest BCUT2D eigenvalue weighted by atomic mass is 10.0. The summed E-state index contributed by atoms with van der Waals surface area (Å²) in [6.45, 7) is 4.33. The Morgan fingerprint density at radius 3 is 1.31 bits per heavy atom. The zero-order chi connectivity index (χ0) is 29.2. The molecule has 7 rings (SSSR count). The van der Waals surface area contributed by atoms with Gasteiger partial charge in [0.1, 0.15) is 0 Å². The molecule has 4 nitrogen and oxygen atoms in total. The van der Waals surface area contributed by atoms with E-state index in [2.05, 4.69) is 84.5 Å². The van der Waals surface area contributed by atoms with Gasteiger partial charge in [-0.25, -0.2) is 0 Å². The molecule has 0 saturated carbocycles. The van der Waals surface area contributed by atoms with Crippen molar-refractivity contribution in [1.29, 1.82) is 0 Å². The van der Waals surface area contributed by atoms with E-state index < -0.39 is 4.30 Å². The lowest BCUT2D eigenvalue weighted by Crippen LogP contribution is -1.88. The molecular weight excluding hydrogens is 623 g/mol. The van der Waals surface area contributed by atoms with E-state index in [0.717, 1.165) is 32.9 Å². The first-order valence-electron chi connectivity index (χ1n) is 13.0. The summed E-state index contributed by atoms with van der Waals surface area (Å²) in [6, 6.07) is 21.5. The Balaban J connectivity index is 0.000000744. The SMILES string of the molecule is Cc1cc(-c2ccncc2)sc1-c1cnc2c(ccc3cc(-c4sc(-c5ccncc5)cc4C)cnc32)c1.ClC(Cl)Cl. The molecule has 0 N–H and O–H groups in total. The van der Waals surface area contributed by atoms with Gasteiger partial charge in [-0.15, -0.1) is 22.7 Å². The van der Waals surface area contributed by atoms with Crippen LogP contribution in [0.15, 0.2) is 97.8 Å². The van der Waals surface area contributed by atoms with Crippen molar-refractivity contribution in [3.63, 3.8) is 0 Å². The van der Waals surface area contributed by atoms with Crippen LogP contribution in [0.3, 0.4) is 0 Å². The molecule has 0 radical (unpaired) electrons. The zero-order valence-electron chi connectivity index (χ0n) is 22.6. The molecule has 0 spiro atoms.